The number of amides is 1. The predicted octanol–water partition coefficient (Wildman–Crippen LogP) is 1.24. The minimum atomic E-state index is -0.673. The third-order valence-electron chi connectivity index (χ3n) is 4.60. The maximum absolute atomic E-state index is 12.6. The van der Waals surface area contributed by atoms with Crippen molar-refractivity contribution in [3.05, 3.63) is 0 Å². The Morgan fingerprint density at radius 3 is 2.32 bits per heavy atom. The summed E-state index contributed by atoms with van der Waals surface area (Å²) in [5, 5.41) is 0. The molecule has 0 radical (unpaired) electrons. The zero-order valence-corrected chi connectivity index (χ0v) is 12.8. The van der Waals surface area contributed by atoms with Gasteiger partial charge in [-0.2, -0.15) is 0 Å². The molecule has 2 rings (SSSR count). The summed E-state index contributed by atoms with van der Waals surface area (Å²) >= 11 is 5.08. The number of carbonyl (C=O) groups excluding carboxylic acids is 1. The van der Waals surface area contributed by atoms with Gasteiger partial charge in [0.1, 0.15) is 0 Å². The average molecular weight is 283 g/mol. The Bertz CT molecular complexity index is 362. The van der Waals surface area contributed by atoms with E-state index in [0.29, 0.717) is 11.4 Å². The van der Waals surface area contributed by atoms with Crippen molar-refractivity contribution in [2.75, 3.05) is 32.7 Å². The normalized spacial score (nSPS) is 24.0. The van der Waals surface area contributed by atoms with Gasteiger partial charge in [-0.15, -0.1) is 0 Å². The second-order valence-electron chi connectivity index (χ2n) is 6.09. The lowest BCUT2D eigenvalue weighted by Gasteiger charge is -2.39. The summed E-state index contributed by atoms with van der Waals surface area (Å²) in [7, 11) is 0. The van der Waals surface area contributed by atoms with Crippen LogP contribution in [0.4, 0.5) is 0 Å². The molecule has 2 fully saturated rings. The zero-order chi connectivity index (χ0) is 14.0. The smallest absolute Gasteiger partial charge is 0.235 e. The van der Waals surface area contributed by atoms with Gasteiger partial charge in [-0.3, -0.25) is 9.69 Å². The van der Waals surface area contributed by atoms with Gasteiger partial charge in [0, 0.05) is 32.7 Å². The first kappa shape index (κ1) is 14.7. The van der Waals surface area contributed by atoms with Crippen molar-refractivity contribution in [3.8, 4) is 0 Å². The van der Waals surface area contributed by atoms with E-state index >= 15 is 0 Å². The van der Waals surface area contributed by atoms with Crippen LogP contribution in [0.15, 0.2) is 0 Å². The van der Waals surface area contributed by atoms with Crippen LogP contribution in [0.2, 0.25) is 0 Å². The molecule has 1 saturated heterocycles. The molecule has 0 bridgehead atoms. The quantitative estimate of drug-likeness (QED) is 0.771. The second kappa shape index (κ2) is 5.75. The fourth-order valence-corrected chi connectivity index (χ4v) is 2.81. The standard InChI is InChI=1S/C14H25N3OS/c1-3-14(2,12(15)19)13(18)17-8-6-16(7-9-17)10-11-4-5-11/h11H,3-10H2,1-2H3,(H2,15,19). The van der Waals surface area contributed by atoms with E-state index in [1.807, 2.05) is 18.7 Å². The Hall–Kier alpha value is -0.680. The highest BCUT2D eigenvalue weighted by Crippen LogP contribution is 2.30. The van der Waals surface area contributed by atoms with E-state index in [1.165, 1.54) is 19.4 Å². The fourth-order valence-electron chi connectivity index (χ4n) is 2.58. The van der Waals surface area contributed by atoms with Gasteiger partial charge in [0.25, 0.3) is 0 Å². The van der Waals surface area contributed by atoms with Crippen molar-refractivity contribution in [1.29, 1.82) is 0 Å². The Labute approximate surface area is 121 Å². The van der Waals surface area contributed by atoms with Crippen molar-refractivity contribution < 1.29 is 4.79 Å². The van der Waals surface area contributed by atoms with Crippen LogP contribution in [-0.4, -0.2) is 53.4 Å². The lowest BCUT2D eigenvalue weighted by molar-refractivity contribution is -0.139. The van der Waals surface area contributed by atoms with E-state index in [9.17, 15) is 4.79 Å². The van der Waals surface area contributed by atoms with E-state index in [4.69, 9.17) is 18.0 Å². The van der Waals surface area contributed by atoms with Crippen molar-refractivity contribution in [2.45, 2.75) is 33.1 Å². The number of nitrogens with two attached hydrogens (primary N) is 1. The Balaban J connectivity index is 1.88. The molecule has 4 nitrogen and oxygen atoms in total. The van der Waals surface area contributed by atoms with Gasteiger partial charge in [-0.25, -0.2) is 0 Å². The SMILES string of the molecule is CCC(C)(C(=O)N1CCN(CC2CC2)CC1)C(N)=S. The van der Waals surface area contributed by atoms with Crippen LogP contribution in [-0.2, 0) is 4.79 Å². The van der Waals surface area contributed by atoms with Gasteiger partial charge in [0.2, 0.25) is 5.91 Å². The minimum absolute atomic E-state index is 0.105. The van der Waals surface area contributed by atoms with Gasteiger partial charge in [0.05, 0.1) is 10.4 Å². The molecular formula is C14H25N3OS. The molecule has 1 heterocycles. The van der Waals surface area contributed by atoms with Crippen LogP contribution in [0.25, 0.3) is 0 Å². The highest BCUT2D eigenvalue weighted by molar-refractivity contribution is 7.80. The van der Waals surface area contributed by atoms with Gasteiger partial charge in [-0.1, -0.05) is 19.1 Å². The Morgan fingerprint density at radius 1 is 1.32 bits per heavy atom. The molecule has 108 valence electrons. The molecule has 1 unspecified atom stereocenters. The summed E-state index contributed by atoms with van der Waals surface area (Å²) in [4.78, 5) is 17.3. The van der Waals surface area contributed by atoms with Crippen molar-refractivity contribution in [3.63, 3.8) is 0 Å². The maximum atomic E-state index is 12.6. The molecule has 5 heteroatoms. The molecule has 0 aromatic heterocycles. The third kappa shape index (κ3) is 3.26. The Morgan fingerprint density at radius 2 is 1.89 bits per heavy atom. The van der Waals surface area contributed by atoms with Crippen molar-refractivity contribution in [2.24, 2.45) is 17.1 Å². The number of carbonyl (C=O) groups is 1. The number of piperazine rings is 1. The number of hydrogen-bond donors (Lipinski definition) is 1. The number of thiocarbonyl (C=S) groups is 1. The van der Waals surface area contributed by atoms with E-state index in [1.54, 1.807) is 0 Å². The van der Waals surface area contributed by atoms with Gasteiger partial charge in [-0.05, 0) is 32.1 Å². The summed E-state index contributed by atoms with van der Waals surface area (Å²) < 4.78 is 0. The van der Waals surface area contributed by atoms with E-state index in [-0.39, 0.29) is 5.91 Å². The maximum Gasteiger partial charge on any atom is 0.235 e. The Kier molecular flexibility index (Phi) is 4.46. The molecule has 19 heavy (non-hydrogen) atoms. The molecule has 2 aliphatic rings. The van der Waals surface area contributed by atoms with Crippen LogP contribution >= 0.6 is 12.2 Å². The highest BCUT2D eigenvalue weighted by Gasteiger charge is 2.39. The summed E-state index contributed by atoms with van der Waals surface area (Å²) in [5.41, 5.74) is 5.09. The summed E-state index contributed by atoms with van der Waals surface area (Å²) in [6, 6.07) is 0. The molecule has 1 aliphatic heterocycles. The van der Waals surface area contributed by atoms with Crippen LogP contribution in [0, 0.1) is 11.3 Å². The first-order chi connectivity index (χ1) is 8.97. The summed E-state index contributed by atoms with van der Waals surface area (Å²) in [6.45, 7) is 8.64. The molecule has 0 aromatic rings. The fraction of sp³-hybridized carbons (Fsp3) is 0.857. The molecule has 1 amide bonds. The molecule has 1 saturated carbocycles. The second-order valence-corrected chi connectivity index (χ2v) is 6.53. The van der Waals surface area contributed by atoms with E-state index < -0.39 is 5.41 Å². The minimum Gasteiger partial charge on any atom is -0.392 e. The van der Waals surface area contributed by atoms with E-state index in [2.05, 4.69) is 4.90 Å². The molecular weight excluding hydrogens is 258 g/mol. The van der Waals surface area contributed by atoms with Crippen LogP contribution < -0.4 is 5.73 Å². The van der Waals surface area contributed by atoms with Gasteiger partial charge >= 0.3 is 0 Å². The molecule has 0 aromatic carbocycles. The van der Waals surface area contributed by atoms with Crippen molar-refractivity contribution >= 4 is 23.1 Å². The summed E-state index contributed by atoms with van der Waals surface area (Å²) in [5.74, 6) is 1.02. The first-order valence-corrected chi connectivity index (χ1v) is 7.70. The average Bonchev–Trinajstić information content (AvgIpc) is 3.21. The van der Waals surface area contributed by atoms with Gasteiger partial charge in [0.15, 0.2) is 0 Å². The molecule has 1 atom stereocenters. The predicted molar refractivity (Wildman–Crippen MR) is 80.9 cm³/mol. The van der Waals surface area contributed by atoms with Crippen LogP contribution in [0.1, 0.15) is 33.1 Å². The molecule has 1 aliphatic carbocycles. The topological polar surface area (TPSA) is 49.6 Å². The van der Waals surface area contributed by atoms with Crippen molar-refractivity contribution in [1.82, 2.24) is 9.80 Å². The van der Waals surface area contributed by atoms with Crippen LogP contribution in [0.3, 0.4) is 0 Å². The molecule has 0 spiro atoms. The third-order valence-corrected chi connectivity index (χ3v) is 5.05. The largest absolute Gasteiger partial charge is 0.392 e. The first-order valence-electron chi connectivity index (χ1n) is 7.29. The van der Waals surface area contributed by atoms with E-state index in [0.717, 1.165) is 32.1 Å². The lowest BCUT2D eigenvalue weighted by Crippen LogP contribution is -2.55. The summed E-state index contributed by atoms with van der Waals surface area (Å²) in [6.07, 6.45) is 3.44. The lowest BCUT2D eigenvalue weighted by atomic mass is 9.85. The monoisotopic (exact) mass is 283 g/mol. The highest BCUT2D eigenvalue weighted by atomic mass is 32.1. The molecule has 2 N–H and O–H groups in total. The number of rotatable bonds is 5. The number of hydrogen-bond acceptors (Lipinski definition) is 3. The van der Waals surface area contributed by atoms with Gasteiger partial charge < -0.3 is 10.6 Å². The zero-order valence-electron chi connectivity index (χ0n) is 12.0. The number of nitrogens with zero attached hydrogens (tertiary/aromatic N) is 2. The van der Waals surface area contributed by atoms with Crippen LogP contribution in [0.5, 0.6) is 0 Å².